The van der Waals surface area contributed by atoms with Crippen LogP contribution < -0.4 is 11.1 Å². The van der Waals surface area contributed by atoms with Crippen LogP contribution in [-0.4, -0.2) is 54.2 Å². The number of amides is 1. The van der Waals surface area contributed by atoms with Gasteiger partial charge in [-0.2, -0.15) is 0 Å². The Morgan fingerprint density at radius 1 is 1.35 bits per heavy atom. The zero-order valence-corrected chi connectivity index (χ0v) is 15.5. The first kappa shape index (κ1) is 18.4. The van der Waals surface area contributed by atoms with Gasteiger partial charge >= 0.3 is 0 Å². The van der Waals surface area contributed by atoms with Gasteiger partial charge < -0.3 is 15.8 Å². The standard InChI is InChI=1S/C20H26N4O2/c1-13(2)24-11-18(19(12-24)26-3)23-20(25)15-6-4-5-14(9-15)16-10-22-8-7-17(16)21/h4-10,13,18-19H,11-12H2,1-3H3,(H2,21,22)(H,23,25). The number of hydrogen-bond donors (Lipinski definition) is 2. The van der Waals surface area contributed by atoms with Crippen molar-refractivity contribution < 1.29 is 9.53 Å². The molecule has 2 heterocycles. The lowest BCUT2D eigenvalue weighted by molar-refractivity contribution is 0.0753. The summed E-state index contributed by atoms with van der Waals surface area (Å²) < 4.78 is 5.57. The Labute approximate surface area is 154 Å². The van der Waals surface area contributed by atoms with Crippen LogP contribution in [0.1, 0.15) is 24.2 Å². The van der Waals surface area contributed by atoms with Crippen LogP contribution in [0.3, 0.4) is 0 Å². The number of rotatable bonds is 5. The summed E-state index contributed by atoms with van der Waals surface area (Å²) in [6, 6.07) is 9.60. The van der Waals surface area contributed by atoms with E-state index in [0.29, 0.717) is 17.3 Å². The third-order valence-electron chi connectivity index (χ3n) is 4.93. The Balaban J connectivity index is 1.76. The van der Waals surface area contributed by atoms with Gasteiger partial charge in [0.25, 0.3) is 5.91 Å². The highest BCUT2D eigenvalue weighted by atomic mass is 16.5. The van der Waals surface area contributed by atoms with Crippen LogP contribution in [-0.2, 0) is 4.74 Å². The SMILES string of the molecule is COC1CN(C(C)C)CC1NC(=O)c1cccc(-c2cnccc2N)c1. The second kappa shape index (κ2) is 7.85. The molecule has 6 heteroatoms. The van der Waals surface area contributed by atoms with Crippen molar-refractivity contribution in [2.24, 2.45) is 0 Å². The molecule has 2 aromatic rings. The Hall–Kier alpha value is -2.44. The number of nitrogens with one attached hydrogen (secondary N) is 1. The lowest BCUT2D eigenvalue weighted by Gasteiger charge is -2.20. The van der Waals surface area contributed by atoms with Crippen LogP contribution in [0.25, 0.3) is 11.1 Å². The van der Waals surface area contributed by atoms with Gasteiger partial charge in [0.05, 0.1) is 12.1 Å². The molecule has 1 aliphatic heterocycles. The Morgan fingerprint density at radius 3 is 2.85 bits per heavy atom. The van der Waals surface area contributed by atoms with Gasteiger partial charge in [-0.3, -0.25) is 14.7 Å². The summed E-state index contributed by atoms with van der Waals surface area (Å²) in [5.74, 6) is -0.105. The molecule has 138 valence electrons. The van der Waals surface area contributed by atoms with E-state index in [1.54, 1.807) is 25.6 Å². The minimum atomic E-state index is -0.105. The number of methoxy groups -OCH3 is 1. The molecule has 0 spiro atoms. The van der Waals surface area contributed by atoms with Crippen molar-refractivity contribution in [3.63, 3.8) is 0 Å². The minimum absolute atomic E-state index is 0.00139. The van der Waals surface area contributed by atoms with Crippen molar-refractivity contribution in [2.75, 3.05) is 25.9 Å². The molecule has 2 unspecified atom stereocenters. The number of anilines is 1. The van der Waals surface area contributed by atoms with E-state index in [9.17, 15) is 4.79 Å². The highest BCUT2D eigenvalue weighted by Gasteiger charge is 2.35. The van der Waals surface area contributed by atoms with Crippen molar-refractivity contribution >= 4 is 11.6 Å². The molecule has 1 aromatic carbocycles. The summed E-state index contributed by atoms with van der Waals surface area (Å²) >= 11 is 0. The number of ether oxygens (including phenoxy) is 1. The average Bonchev–Trinajstić information content (AvgIpc) is 3.05. The normalized spacial score (nSPS) is 20.5. The van der Waals surface area contributed by atoms with Crippen LogP contribution in [0.4, 0.5) is 5.69 Å². The predicted molar refractivity (Wildman–Crippen MR) is 103 cm³/mol. The lowest BCUT2D eigenvalue weighted by Crippen LogP contribution is -2.43. The molecule has 0 radical (unpaired) electrons. The monoisotopic (exact) mass is 354 g/mol. The second-order valence-electron chi connectivity index (χ2n) is 6.95. The molecular weight excluding hydrogens is 328 g/mol. The number of benzene rings is 1. The first-order valence-corrected chi connectivity index (χ1v) is 8.87. The van der Waals surface area contributed by atoms with E-state index in [1.807, 2.05) is 24.3 Å². The third kappa shape index (κ3) is 3.86. The smallest absolute Gasteiger partial charge is 0.251 e. The summed E-state index contributed by atoms with van der Waals surface area (Å²) in [6.07, 6.45) is 3.37. The van der Waals surface area contributed by atoms with Gasteiger partial charge in [-0.05, 0) is 37.6 Å². The van der Waals surface area contributed by atoms with Crippen LogP contribution >= 0.6 is 0 Å². The number of nitrogens with two attached hydrogens (primary N) is 1. The molecule has 6 nitrogen and oxygen atoms in total. The van der Waals surface area contributed by atoms with Gasteiger partial charge in [0.2, 0.25) is 0 Å². The maximum absolute atomic E-state index is 12.8. The number of aromatic nitrogens is 1. The highest BCUT2D eigenvalue weighted by Crippen LogP contribution is 2.25. The summed E-state index contributed by atoms with van der Waals surface area (Å²) in [5.41, 5.74) is 8.97. The van der Waals surface area contributed by atoms with E-state index in [-0.39, 0.29) is 18.1 Å². The Kier molecular flexibility index (Phi) is 5.54. The molecule has 0 aliphatic carbocycles. The zero-order valence-electron chi connectivity index (χ0n) is 15.5. The average molecular weight is 354 g/mol. The van der Waals surface area contributed by atoms with E-state index in [4.69, 9.17) is 10.5 Å². The van der Waals surface area contributed by atoms with Crippen molar-refractivity contribution in [3.05, 3.63) is 48.3 Å². The van der Waals surface area contributed by atoms with E-state index in [1.165, 1.54) is 0 Å². The van der Waals surface area contributed by atoms with Crippen molar-refractivity contribution in [1.29, 1.82) is 0 Å². The third-order valence-corrected chi connectivity index (χ3v) is 4.93. The first-order valence-electron chi connectivity index (χ1n) is 8.87. The molecule has 2 atom stereocenters. The molecule has 1 amide bonds. The Bertz CT molecular complexity index is 778. The van der Waals surface area contributed by atoms with Crippen molar-refractivity contribution in [1.82, 2.24) is 15.2 Å². The molecule has 1 aromatic heterocycles. The lowest BCUT2D eigenvalue weighted by atomic mass is 10.0. The molecule has 0 bridgehead atoms. The highest BCUT2D eigenvalue weighted by molar-refractivity contribution is 5.96. The summed E-state index contributed by atoms with van der Waals surface area (Å²) in [7, 11) is 1.69. The van der Waals surface area contributed by atoms with E-state index in [2.05, 4.69) is 29.0 Å². The number of hydrogen-bond acceptors (Lipinski definition) is 5. The van der Waals surface area contributed by atoms with E-state index >= 15 is 0 Å². The fraction of sp³-hybridized carbons (Fsp3) is 0.400. The van der Waals surface area contributed by atoms with Crippen LogP contribution in [0.15, 0.2) is 42.7 Å². The summed E-state index contributed by atoms with van der Waals surface area (Å²) in [4.78, 5) is 19.2. The molecule has 3 rings (SSSR count). The number of nitrogens with zero attached hydrogens (tertiary/aromatic N) is 2. The van der Waals surface area contributed by atoms with Gasteiger partial charge in [-0.15, -0.1) is 0 Å². The van der Waals surface area contributed by atoms with Crippen molar-refractivity contribution in [3.8, 4) is 11.1 Å². The van der Waals surface area contributed by atoms with Gasteiger partial charge in [0.15, 0.2) is 0 Å². The largest absolute Gasteiger partial charge is 0.398 e. The summed E-state index contributed by atoms with van der Waals surface area (Å²) in [6.45, 7) is 5.92. The molecule has 26 heavy (non-hydrogen) atoms. The van der Waals surface area contributed by atoms with Gasteiger partial charge in [-0.25, -0.2) is 0 Å². The maximum Gasteiger partial charge on any atom is 0.251 e. The maximum atomic E-state index is 12.8. The number of carbonyl (C=O) groups is 1. The number of nitrogen functional groups attached to an aromatic ring is 1. The van der Waals surface area contributed by atoms with Crippen LogP contribution in [0.2, 0.25) is 0 Å². The molecule has 0 saturated carbocycles. The number of likely N-dealkylation sites (tertiary alicyclic amines) is 1. The van der Waals surface area contributed by atoms with E-state index < -0.39 is 0 Å². The fourth-order valence-electron chi connectivity index (χ4n) is 3.33. The molecule has 1 aliphatic rings. The molecule has 3 N–H and O–H groups in total. The van der Waals surface area contributed by atoms with Crippen LogP contribution in [0.5, 0.6) is 0 Å². The predicted octanol–water partition coefficient (Wildman–Crippen LogP) is 2.17. The molecule has 1 fully saturated rings. The molecule has 1 saturated heterocycles. The van der Waals surface area contributed by atoms with Crippen molar-refractivity contribution in [2.45, 2.75) is 32.0 Å². The quantitative estimate of drug-likeness (QED) is 0.860. The fourth-order valence-corrected chi connectivity index (χ4v) is 3.33. The molecular formula is C20H26N4O2. The number of pyridine rings is 1. The zero-order chi connectivity index (χ0) is 18.7. The second-order valence-corrected chi connectivity index (χ2v) is 6.95. The van der Waals surface area contributed by atoms with Crippen LogP contribution in [0, 0.1) is 0 Å². The van der Waals surface area contributed by atoms with Gasteiger partial charge in [0, 0.05) is 55.4 Å². The van der Waals surface area contributed by atoms with Gasteiger partial charge in [-0.1, -0.05) is 12.1 Å². The number of carbonyl (C=O) groups excluding carboxylic acids is 1. The van der Waals surface area contributed by atoms with Gasteiger partial charge in [0.1, 0.15) is 0 Å². The van der Waals surface area contributed by atoms with E-state index in [0.717, 1.165) is 24.2 Å². The minimum Gasteiger partial charge on any atom is -0.398 e. The summed E-state index contributed by atoms with van der Waals surface area (Å²) in [5, 5.41) is 3.12. The first-order chi connectivity index (χ1) is 12.5. The Morgan fingerprint density at radius 2 is 2.15 bits per heavy atom. The topological polar surface area (TPSA) is 80.5 Å².